The van der Waals surface area contributed by atoms with Gasteiger partial charge in [-0.2, -0.15) is 14.9 Å². The van der Waals surface area contributed by atoms with Crippen molar-refractivity contribution in [1.82, 2.24) is 25.0 Å². The Hall–Kier alpha value is -4.46. The van der Waals surface area contributed by atoms with E-state index in [2.05, 4.69) is 58.5 Å². The standard InChI is InChI=1S/C40H51FN9O4P/c1-24-30(12-13-33(41)45-24)36(32-22-50(48-47-32)40-16-26(17-40)18-40)49(23-52-55(51,53-38(6,7)8)54-39(9,10)11)29-14-27(19-42)34-31(15-29)35(28(20-43)21-44-34)46-25(2)37(3,4)5/h12-15,21-22,25-26,36H,16-18,23H2,1-11H3,(H,44,46)/t25-,26?,36?,40?/m1/s1. The maximum Gasteiger partial charge on any atom is 0.477 e. The zero-order valence-corrected chi connectivity index (χ0v) is 34.5. The van der Waals surface area contributed by atoms with Crippen molar-refractivity contribution in [2.24, 2.45) is 11.3 Å². The summed E-state index contributed by atoms with van der Waals surface area (Å²) in [7, 11) is -4.31. The highest BCUT2D eigenvalue weighted by Gasteiger charge is 2.59. The van der Waals surface area contributed by atoms with Crippen LogP contribution in [0.1, 0.15) is 123 Å². The van der Waals surface area contributed by atoms with Crippen LogP contribution < -0.4 is 10.2 Å². The highest BCUT2D eigenvalue weighted by molar-refractivity contribution is 7.48. The van der Waals surface area contributed by atoms with Crippen LogP contribution in [0.3, 0.4) is 0 Å². The number of rotatable bonds is 12. The highest BCUT2D eigenvalue weighted by atomic mass is 31.2. The van der Waals surface area contributed by atoms with Gasteiger partial charge in [0.1, 0.15) is 30.6 Å². The Morgan fingerprint density at radius 1 is 1.04 bits per heavy atom. The number of nitrogens with zero attached hydrogens (tertiary/aromatic N) is 8. The number of hydrogen-bond acceptors (Lipinski definition) is 12. The number of anilines is 2. The van der Waals surface area contributed by atoms with Crippen LogP contribution >= 0.6 is 7.82 Å². The number of hydrogen-bond donors (Lipinski definition) is 1. The number of benzene rings is 1. The molecule has 1 aromatic carbocycles. The van der Waals surface area contributed by atoms with E-state index >= 15 is 0 Å². The van der Waals surface area contributed by atoms with Crippen molar-refractivity contribution in [2.75, 3.05) is 16.9 Å². The van der Waals surface area contributed by atoms with Crippen LogP contribution in [-0.4, -0.2) is 48.9 Å². The summed E-state index contributed by atoms with van der Waals surface area (Å²) in [6, 6.07) is 9.98. The van der Waals surface area contributed by atoms with E-state index in [-0.39, 0.29) is 22.6 Å². The molecule has 3 fully saturated rings. The molecule has 0 aliphatic heterocycles. The second-order valence-corrected chi connectivity index (χ2v) is 19.5. The number of phosphoric acid groups is 1. The first-order valence-corrected chi connectivity index (χ1v) is 20.0. The van der Waals surface area contributed by atoms with Gasteiger partial charge in [0, 0.05) is 34.6 Å². The van der Waals surface area contributed by atoms with Crippen LogP contribution in [0.4, 0.5) is 15.8 Å². The van der Waals surface area contributed by atoms with E-state index < -0.39 is 37.7 Å². The number of halogens is 1. The van der Waals surface area contributed by atoms with Crippen molar-refractivity contribution < 1.29 is 22.5 Å². The van der Waals surface area contributed by atoms with Crippen molar-refractivity contribution in [3.8, 4) is 12.1 Å². The normalized spacial score (nSPS) is 19.5. The molecule has 15 heteroatoms. The topological polar surface area (TPSA) is 164 Å². The number of pyridine rings is 2. The van der Waals surface area contributed by atoms with Gasteiger partial charge in [-0.1, -0.05) is 32.1 Å². The van der Waals surface area contributed by atoms with E-state index in [1.807, 2.05) is 23.9 Å². The Morgan fingerprint density at radius 2 is 1.67 bits per heavy atom. The molecule has 2 atom stereocenters. The van der Waals surface area contributed by atoms with Crippen LogP contribution in [-0.2, 0) is 23.7 Å². The molecule has 1 unspecified atom stereocenters. The molecule has 3 saturated carbocycles. The minimum absolute atomic E-state index is 0.0880. The second kappa shape index (κ2) is 14.2. The van der Waals surface area contributed by atoms with E-state index in [9.17, 15) is 19.5 Å². The molecule has 3 aliphatic carbocycles. The predicted molar refractivity (Wildman–Crippen MR) is 208 cm³/mol. The molecule has 0 spiro atoms. The summed E-state index contributed by atoms with van der Waals surface area (Å²) in [5.74, 6) is 0.0348. The molecule has 55 heavy (non-hydrogen) atoms. The number of aryl methyl sites for hydroxylation is 1. The minimum atomic E-state index is -4.31. The average Bonchev–Trinajstić information content (AvgIpc) is 3.48. The van der Waals surface area contributed by atoms with Crippen LogP contribution in [0, 0.1) is 46.9 Å². The molecule has 0 amide bonds. The van der Waals surface area contributed by atoms with Gasteiger partial charge in [0.15, 0.2) is 0 Å². The molecule has 7 rings (SSSR count). The summed E-state index contributed by atoms with van der Waals surface area (Å²) in [6.07, 6.45) is 6.43. The molecular formula is C40H51FN9O4P. The average molecular weight is 772 g/mol. The Morgan fingerprint density at radius 3 is 2.20 bits per heavy atom. The fourth-order valence-corrected chi connectivity index (χ4v) is 8.80. The molecular weight excluding hydrogens is 720 g/mol. The summed E-state index contributed by atoms with van der Waals surface area (Å²) in [5.41, 5.74) is 1.17. The zero-order chi connectivity index (χ0) is 40.3. The maximum absolute atomic E-state index is 14.6. The second-order valence-electron chi connectivity index (χ2n) is 18.0. The van der Waals surface area contributed by atoms with Gasteiger partial charge in [-0.15, -0.1) is 5.10 Å². The first-order chi connectivity index (χ1) is 25.5. The zero-order valence-electron chi connectivity index (χ0n) is 33.6. The van der Waals surface area contributed by atoms with Gasteiger partial charge in [-0.25, -0.2) is 14.2 Å². The third-order valence-corrected chi connectivity index (χ3v) is 12.3. The Labute approximate surface area is 322 Å². The van der Waals surface area contributed by atoms with Crippen LogP contribution in [0.25, 0.3) is 10.9 Å². The van der Waals surface area contributed by atoms with E-state index in [0.29, 0.717) is 50.7 Å². The number of nitrogens with one attached hydrogen (secondary N) is 1. The Bertz CT molecular complexity index is 2210. The van der Waals surface area contributed by atoms with E-state index in [4.69, 9.17) is 13.6 Å². The number of nitriles is 2. The SMILES string of the molecule is Cc1nc(F)ccc1C(c1cn(C23CC(C2)C3)nn1)N(COP(=O)(OC(C)(C)C)OC(C)(C)C)c1cc(C#N)c2ncc(C#N)c(N[C@H](C)C(C)(C)C)c2c1. The molecule has 4 aromatic rings. The van der Waals surface area contributed by atoms with Crippen LogP contribution in [0.2, 0.25) is 0 Å². The summed E-state index contributed by atoms with van der Waals surface area (Å²) in [4.78, 5) is 10.5. The smallest absolute Gasteiger partial charge is 0.380 e. The van der Waals surface area contributed by atoms with Crippen LogP contribution in [0.5, 0.6) is 0 Å². The van der Waals surface area contributed by atoms with Gasteiger partial charge >= 0.3 is 7.82 Å². The molecule has 0 saturated heterocycles. The molecule has 2 bridgehead atoms. The van der Waals surface area contributed by atoms with Crippen molar-refractivity contribution in [1.29, 1.82) is 10.5 Å². The lowest BCUT2D eigenvalue weighted by Crippen LogP contribution is -2.59. The summed E-state index contributed by atoms with van der Waals surface area (Å²) in [5, 5.41) is 34.2. The summed E-state index contributed by atoms with van der Waals surface area (Å²) < 4.78 is 49.4. The quantitative estimate of drug-likeness (QED) is 0.0827. The lowest BCUT2D eigenvalue weighted by molar-refractivity contribution is -0.0989. The fourth-order valence-electron chi connectivity index (χ4n) is 7.05. The highest BCUT2D eigenvalue weighted by Crippen LogP contribution is 2.62. The first kappa shape index (κ1) is 40.2. The van der Waals surface area contributed by atoms with E-state index in [1.165, 1.54) is 12.3 Å². The third kappa shape index (κ3) is 8.39. The van der Waals surface area contributed by atoms with Crippen molar-refractivity contribution >= 4 is 30.1 Å². The lowest BCUT2D eigenvalue weighted by Gasteiger charge is -2.61. The molecule has 1 N–H and O–H groups in total. The van der Waals surface area contributed by atoms with Crippen molar-refractivity contribution in [2.45, 2.75) is 124 Å². The Kier molecular flexibility index (Phi) is 10.4. The molecule has 3 aromatic heterocycles. The van der Waals surface area contributed by atoms with Crippen molar-refractivity contribution in [3.63, 3.8) is 0 Å². The van der Waals surface area contributed by atoms with Gasteiger partial charge in [0.25, 0.3) is 0 Å². The lowest BCUT2D eigenvalue weighted by atomic mass is 9.50. The summed E-state index contributed by atoms with van der Waals surface area (Å²) in [6.45, 7) is 20.1. The van der Waals surface area contributed by atoms with E-state index in [0.717, 1.165) is 19.3 Å². The Balaban J connectivity index is 1.60. The molecule has 3 heterocycles. The molecule has 0 radical (unpaired) electrons. The maximum atomic E-state index is 14.6. The largest absolute Gasteiger partial charge is 0.477 e. The van der Waals surface area contributed by atoms with Crippen molar-refractivity contribution in [3.05, 3.63) is 70.7 Å². The first-order valence-electron chi connectivity index (χ1n) is 18.6. The summed E-state index contributed by atoms with van der Waals surface area (Å²) >= 11 is 0. The number of aromatic nitrogens is 5. The van der Waals surface area contributed by atoms with Gasteiger partial charge in [-0.3, -0.25) is 18.6 Å². The van der Waals surface area contributed by atoms with Gasteiger partial charge in [0.2, 0.25) is 5.95 Å². The molecule has 13 nitrogen and oxygen atoms in total. The number of phosphoric ester groups is 1. The molecule has 292 valence electrons. The van der Waals surface area contributed by atoms with Crippen LogP contribution in [0.15, 0.2) is 36.7 Å². The predicted octanol–water partition coefficient (Wildman–Crippen LogP) is 9.08. The van der Waals surface area contributed by atoms with Gasteiger partial charge in [0.05, 0.1) is 45.3 Å². The van der Waals surface area contributed by atoms with Gasteiger partial charge in [-0.05, 0) is 104 Å². The molecule has 3 aliphatic rings. The van der Waals surface area contributed by atoms with E-state index in [1.54, 1.807) is 65.5 Å². The fraction of sp³-hybridized carbons (Fsp3) is 0.550. The number of fused-ring (bicyclic) bond motifs is 1. The minimum Gasteiger partial charge on any atom is -0.380 e. The monoisotopic (exact) mass is 771 g/mol. The van der Waals surface area contributed by atoms with Gasteiger partial charge < -0.3 is 10.2 Å². The third-order valence-electron chi connectivity index (χ3n) is 10.3.